The molecule has 3 amide bonds. The Balaban J connectivity index is 1.74. The molecule has 0 unspecified atom stereocenters. The van der Waals surface area contributed by atoms with Crippen molar-refractivity contribution in [3.63, 3.8) is 0 Å². The third kappa shape index (κ3) is 1.96. The maximum atomic E-state index is 12.9. The first-order chi connectivity index (χ1) is 11.1. The SMILES string of the molecule is O=C1[C@@H]2[C@@H](C(=O)N1N(C(=O)CCl)c1ccccc1)[C@H]1C=C[C@H]2C1. The van der Waals surface area contributed by atoms with Gasteiger partial charge in [-0.25, -0.2) is 5.01 Å². The first-order valence-electron chi connectivity index (χ1n) is 7.63. The van der Waals surface area contributed by atoms with Gasteiger partial charge in [0, 0.05) is 0 Å². The third-order valence-corrected chi connectivity index (χ3v) is 5.23. The van der Waals surface area contributed by atoms with Gasteiger partial charge in [0.15, 0.2) is 0 Å². The van der Waals surface area contributed by atoms with Crippen molar-refractivity contribution in [2.45, 2.75) is 6.42 Å². The van der Waals surface area contributed by atoms with E-state index in [0.29, 0.717) is 5.69 Å². The van der Waals surface area contributed by atoms with Gasteiger partial charge in [-0.1, -0.05) is 30.4 Å². The molecule has 23 heavy (non-hydrogen) atoms. The van der Waals surface area contributed by atoms with E-state index < -0.39 is 5.91 Å². The zero-order valence-corrected chi connectivity index (χ0v) is 13.0. The largest absolute Gasteiger partial charge is 0.272 e. The normalized spacial score (nSPS) is 30.9. The molecule has 1 aromatic rings. The van der Waals surface area contributed by atoms with Gasteiger partial charge < -0.3 is 0 Å². The second-order valence-electron chi connectivity index (χ2n) is 6.16. The molecule has 0 spiro atoms. The highest BCUT2D eigenvalue weighted by Crippen LogP contribution is 2.53. The minimum atomic E-state index is -0.486. The molecular weight excluding hydrogens is 316 g/mol. The number of benzene rings is 1. The average molecular weight is 331 g/mol. The number of para-hydroxylation sites is 1. The Morgan fingerprint density at radius 1 is 1.09 bits per heavy atom. The third-order valence-electron chi connectivity index (χ3n) is 5.00. The van der Waals surface area contributed by atoms with Crippen molar-refractivity contribution in [1.82, 2.24) is 5.01 Å². The number of hydrazine groups is 1. The average Bonchev–Trinajstić information content (AvgIpc) is 3.25. The summed E-state index contributed by atoms with van der Waals surface area (Å²) in [5.74, 6) is -1.84. The van der Waals surface area contributed by atoms with Gasteiger partial charge in [-0.15, -0.1) is 11.6 Å². The van der Waals surface area contributed by atoms with Gasteiger partial charge in [-0.3, -0.25) is 14.4 Å². The van der Waals surface area contributed by atoms with Crippen LogP contribution in [-0.4, -0.2) is 28.6 Å². The van der Waals surface area contributed by atoms with Crippen LogP contribution in [0, 0.1) is 23.7 Å². The summed E-state index contributed by atoms with van der Waals surface area (Å²) in [6.45, 7) is 0. The molecule has 2 fully saturated rings. The van der Waals surface area contributed by atoms with Crippen LogP contribution >= 0.6 is 11.6 Å². The monoisotopic (exact) mass is 330 g/mol. The van der Waals surface area contributed by atoms with Crippen molar-refractivity contribution in [3.05, 3.63) is 42.5 Å². The zero-order chi connectivity index (χ0) is 16.1. The van der Waals surface area contributed by atoms with E-state index in [-0.39, 0.29) is 41.4 Å². The lowest BCUT2D eigenvalue weighted by atomic mass is 9.85. The fourth-order valence-corrected chi connectivity index (χ4v) is 4.19. The maximum absolute atomic E-state index is 12.9. The molecule has 6 heteroatoms. The van der Waals surface area contributed by atoms with Gasteiger partial charge in [-0.05, 0) is 30.4 Å². The van der Waals surface area contributed by atoms with E-state index in [0.717, 1.165) is 16.4 Å². The summed E-state index contributed by atoms with van der Waals surface area (Å²) in [5, 5.41) is 2.15. The van der Waals surface area contributed by atoms with Crippen LogP contribution < -0.4 is 5.01 Å². The van der Waals surface area contributed by atoms with Crippen LogP contribution in [0.4, 0.5) is 5.69 Å². The molecule has 3 aliphatic rings. The number of fused-ring (bicyclic) bond motifs is 5. The number of amides is 3. The van der Waals surface area contributed by atoms with Crippen molar-refractivity contribution < 1.29 is 14.4 Å². The lowest BCUT2D eigenvalue weighted by molar-refractivity contribution is -0.144. The summed E-state index contributed by atoms with van der Waals surface area (Å²) in [4.78, 5) is 38.0. The van der Waals surface area contributed by atoms with Crippen LogP contribution in [0.3, 0.4) is 0 Å². The highest BCUT2D eigenvalue weighted by molar-refractivity contribution is 6.30. The van der Waals surface area contributed by atoms with Crippen molar-refractivity contribution in [2.75, 3.05) is 10.9 Å². The minimum absolute atomic E-state index is 0.107. The molecule has 2 bridgehead atoms. The summed E-state index contributed by atoms with van der Waals surface area (Å²) in [6, 6.07) is 8.68. The number of alkyl halides is 1. The van der Waals surface area contributed by atoms with Crippen molar-refractivity contribution in [1.29, 1.82) is 0 Å². The molecule has 1 aliphatic heterocycles. The number of carbonyl (C=O) groups excluding carboxylic acids is 3. The van der Waals surface area contributed by atoms with E-state index in [9.17, 15) is 14.4 Å². The zero-order valence-electron chi connectivity index (χ0n) is 12.3. The van der Waals surface area contributed by atoms with Gasteiger partial charge >= 0.3 is 0 Å². The van der Waals surface area contributed by atoms with Gasteiger partial charge in [-0.2, -0.15) is 5.01 Å². The van der Waals surface area contributed by atoms with Gasteiger partial charge in [0.25, 0.3) is 17.7 Å². The smallest absolute Gasteiger partial charge is 0.261 e. The molecule has 1 saturated carbocycles. The molecule has 2 aliphatic carbocycles. The Labute approximate surface area is 138 Å². The molecule has 5 nitrogen and oxygen atoms in total. The first kappa shape index (κ1) is 14.5. The standard InChI is InChI=1S/C17H15ClN2O3/c18-9-13(21)19(12-4-2-1-3-5-12)20-16(22)14-10-6-7-11(8-10)15(14)17(20)23/h1-7,10-11,14-15H,8-9H2/t10-,11-,14-,15-/m0/s1. The number of anilines is 1. The molecule has 118 valence electrons. The van der Waals surface area contributed by atoms with Crippen LogP contribution in [0.2, 0.25) is 0 Å². The van der Waals surface area contributed by atoms with Crippen molar-refractivity contribution >= 4 is 35.0 Å². The number of halogens is 1. The number of rotatable bonds is 3. The minimum Gasteiger partial charge on any atom is -0.272 e. The van der Waals surface area contributed by atoms with Crippen LogP contribution in [0.15, 0.2) is 42.5 Å². The Morgan fingerprint density at radius 3 is 2.17 bits per heavy atom. The van der Waals surface area contributed by atoms with Crippen molar-refractivity contribution in [3.8, 4) is 0 Å². The highest BCUT2D eigenvalue weighted by atomic mass is 35.5. The molecular formula is C17H15ClN2O3. The predicted octanol–water partition coefficient (Wildman–Crippen LogP) is 1.98. The molecule has 4 rings (SSSR count). The van der Waals surface area contributed by atoms with E-state index in [2.05, 4.69) is 0 Å². The summed E-state index contributed by atoms with van der Waals surface area (Å²) >= 11 is 5.71. The van der Waals surface area contributed by atoms with E-state index in [4.69, 9.17) is 11.6 Å². The quantitative estimate of drug-likeness (QED) is 0.484. The van der Waals surface area contributed by atoms with Crippen LogP contribution in [-0.2, 0) is 14.4 Å². The Kier molecular flexibility index (Phi) is 3.27. The van der Waals surface area contributed by atoms with E-state index in [1.165, 1.54) is 0 Å². The second kappa shape index (κ2) is 5.20. The van der Waals surface area contributed by atoms with Crippen molar-refractivity contribution in [2.24, 2.45) is 23.7 Å². The summed E-state index contributed by atoms with van der Waals surface area (Å²) in [6.07, 6.45) is 4.91. The van der Waals surface area contributed by atoms with Crippen LogP contribution in [0.25, 0.3) is 0 Å². The summed E-state index contributed by atoms with van der Waals surface area (Å²) < 4.78 is 0. The fourth-order valence-electron chi connectivity index (χ4n) is 4.08. The molecule has 0 aromatic heterocycles. The number of allylic oxidation sites excluding steroid dienone is 2. The molecule has 1 saturated heterocycles. The molecule has 1 aromatic carbocycles. The maximum Gasteiger partial charge on any atom is 0.261 e. The molecule has 0 N–H and O–H groups in total. The summed E-state index contributed by atoms with van der Waals surface area (Å²) in [5.41, 5.74) is 0.472. The number of hydrogen-bond acceptors (Lipinski definition) is 3. The Hall–Kier alpha value is -2.14. The highest BCUT2D eigenvalue weighted by Gasteiger charge is 2.61. The second-order valence-corrected chi connectivity index (χ2v) is 6.43. The van der Waals surface area contributed by atoms with Gasteiger partial charge in [0.1, 0.15) is 5.88 Å². The number of carbonyl (C=O) groups is 3. The number of nitrogens with zero attached hydrogens (tertiary/aromatic N) is 2. The summed E-state index contributed by atoms with van der Waals surface area (Å²) in [7, 11) is 0. The fraction of sp³-hybridized carbons (Fsp3) is 0.353. The predicted molar refractivity (Wildman–Crippen MR) is 84.2 cm³/mol. The van der Waals surface area contributed by atoms with Crippen LogP contribution in [0.5, 0.6) is 0 Å². The lowest BCUT2D eigenvalue weighted by Crippen LogP contribution is -2.51. The van der Waals surface area contributed by atoms with Gasteiger partial charge in [0.05, 0.1) is 17.5 Å². The number of imide groups is 1. The van der Waals surface area contributed by atoms with Gasteiger partial charge in [0.2, 0.25) is 0 Å². The van der Waals surface area contributed by atoms with E-state index >= 15 is 0 Å². The van der Waals surface area contributed by atoms with E-state index in [1.54, 1.807) is 30.3 Å². The molecule has 4 atom stereocenters. The lowest BCUT2D eigenvalue weighted by Gasteiger charge is -2.30. The van der Waals surface area contributed by atoms with E-state index in [1.807, 2.05) is 12.2 Å². The van der Waals surface area contributed by atoms with Crippen LogP contribution in [0.1, 0.15) is 6.42 Å². The Bertz CT molecular complexity index is 688. The molecule has 1 heterocycles. The Morgan fingerprint density at radius 2 is 1.65 bits per heavy atom. The number of hydrogen-bond donors (Lipinski definition) is 0. The topological polar surface area (TPSA) is 57.7 Å². The molecule has 0 radical (unpaired) electrons. The first-order valence-corrected chi connectivity index (χ1v) is 8.17.